The Hall–Kier alpha value is -3.13. The Balaban J connectivity index is 1.64. The van der Waals surface area contributed by atoms with Crippen molar-refractivity contribution in [2.24, 2.45) is 4.99 Å². The zero-order valence-electron chi connectivity index (χ0n) is 14.9. The molecule has 3 aliphatic rings. The lowest BCUT2D eigenvalue weighted by atomic mass is 10.1. The van der Waals surface area contributed by atoms with Gasteiger partial charge in [-0.2, -0.15) is 0 Å². The van der Waals surface area contributed by atoms with Crippen LogP contribution in [-0.4, -0.2) is 47.0 Å². The summed E-state index contributed by atoms with van der Waals surface area (Å²) < 4.78 is 0.976. The number of carbonyl (C=O) groups excluding carboxylic acids is 2. The number of likely N-dealkylation sites (N-methyl/N-ethyl adjacent to an activating group) is 1. The number of aliphatic imine (C=N–C) groups is 1. The number of imide groups is 1. The Labute approximate surface area is 170 Å². The van der Waals surface area contributed by atoms with Crippen molar-refractivity contribution in [2.75, 3.05) is 11.9 Å². The normalized spacial score (nSPS) is 23.3. The van der Waals surface area contributed by atoms with Crippen LogP contribution in [0.1, 0.15) is 5.56 Å². The summed E-state index contributed by atoms with van der Waals surface area (Å²) in [5.41, 5.74) is 2.86. The van der Waals surface area contributed by atoms with Crippen molar-refractivity contribution >= 4 is 45.2 Å². The second-order valence-electron chi connectivity index (χ2n) is 6.79. The number of halogens is 1. The predicted molar refractivity (Wildman–Crippen MR) is 109 cm³/mol. The summed E-state index contributed by atoms with van der Waals surface area (Å²) in [7, 11) is 1.65. The van der Waals surface area contributed by atoms with Crippen molar-refractivity contribution in [3.05, 3.63) is 70.8 Å². The van der Waals surface area contributed by atoms with Crippen LogP contribution < -0.4 is 10.2 Å². The lowest BCUT2D eigenvalue weighted by molar-refractivity contribution is -0.126. The molecule has 3 heterocycles. The molecule has 0 radical (unpaired) electrons. The Kier molecular flexibility index (Phi) is 3.77. The van der Waals surface area contributed by atoms with E-state index in [0.717, 1.165) is 21.4 Å². The van der Waals surface area contributed by atoms with Crippen molar-refractivity contribution in [1.82, 2.24) is 15.1 Å². The molecule has 0 spiro atoms. The summed E-state index contributed by atoms with van der Waals surface area (Å²) in [5, 5.41) is 2.41. The van der Waals surface area contributed by atoms with Gasteiger partial charge in [-0.15, -0.1) is 0 Å². The topological polar surface area (TPSA) is 68.2 Å². The first-order valence-electron chi connectivity index (χ1n) is 8.81. The first kappa shape index (κ1) is 17.0. The largest absolute Gasteiger partial charge is 0.325 e. The number of guanidine groups is 1. The number of anilines is 1. The molecule has 7 nitrogen and oxygen atoms in total. The highest BCUT2D eigenvalue weighted by Crippen LogP contribution is 2.39. The van der Waals surface area contributed by atoms with E-state index in [0.29, 0.717) is 5.96 Å². The van der Waals surface area contributed by atoms with Gasteiger partial charge in [0.15, 0.2) is 12.2 Å². The number of hydrogen-bond donors (Lipinski definition) is 1. The Bertz CT molecular complexity index is 1030. The fourth-order valence-electron chi connectivity index (χ4n) is 3.74. The van der Waals surface area contributed by atoms with Gasteiger partial charge in [-0.05, 0) is 24.3 Å². The Morgan fingerprint density at radius 3 is 2.46 bits per heavy atom. The number of nitrogens with zero attached hydrogens (tertiary/aromatic N) is 4. The average Bonchev–Trinajstić information content (AvgIpc) is 3.24. The van der Waals surface area contributed by atoms with Gasteiger partial charge in [0, 0.05) is 29.0 Å². The van der Waals surface area contributed by atoms with E-state index in [-0.39, 0.29) is 5.91 Å². The van der Waals surface area contributed by atoms with E-state index in [1.807, 2.05) is 70.6 Å². The lowest BCUT2D eigenvalue weighted by Crippen LogP contribution is -2.62. The fraction of sp³-hybridized carbons (Fsp3) is 0.150. The second kappa shape index (κ2) is 6.20. The molecule has 0 aliphatic carbocycles. The van der Waals surface area contributed by atoms with Gasteiger partial charge in [0.2, 0.25) is 5.96 Å². The van der Waals surface area contributed by atoms with Crippen LogP contribution in [0, 0.1) is 0 Å². The van der Waals surface area contributed by atoms with E-state index in [1.54, 1.807) is 7.05 Å². The number of amides is 3. The first-order valence-corrected chi connectivity index (χ1v) is 9.60. The minimum atomic E-state index is -0.586. The third-order valence-electron chi connectivity index (χ3n) is 5.13. The number of urea groups is 1. The molecule has 2 aromatic carbocycles. The van der Waals surface area contributed by atoms with Crippen LogP contribution in [0.25, 0.3) is 5.70 Å². The van der Waals surface area contributed by atoms with Gasteiger partial charge >= 0.3 is 6.03 Å². The van der Waals surface area contributed by atoms with Crippen LogP contribution in [0.2, 0.25) is 0 Å². The van der Waals surface area contributed by atoms with Gasteiger partial charge in [0.25, 0.3) is 5.91 Å². The standard InChI is InChI=1S/C20H16BrN5O2/c1-24-17-16(18(27)23-20(24)28)25-11-15(12-5-3-2-4-6-12)26(19(25)22-17)14-9-7-13(21)8-10-14/h2-11,16-17H,1H3,(H,23,27,28). The zero-order valence-corrected chi connectivity index (χ0v) is 16.5. The number of nitrogens with one attached hydrogen (secondary N) is 1. The lowest BCUT2D eigenvalue weighted by Gasteiger charge is -2.34. The average molecular weight is 438 g/mol. The highest BCUT2D eigenvalue weighted by molar-refractivity contribution is 9.10. The number of fused-ring (bicyclic) bond motifs is 3. The molecule has 2 aromatic rings. The molecule has 8 heteroatoms. The molecule has 1 N–H and O–H groups in total. The molecule has 140 valence electrons. The van der Waals surface area contributed by atoms with Gasteiger partial charge in [0.1, 0.15) is 0 Å². The molecule has 28 heavy (non-hydrogen) atoms. The van der Waals surface area contributed by atoms with Gasteiger partial charge in [-0.3, -0.25) is 19.9 Å². The smallest absolute Gasteiger partial charge is 0.303 e. The molecule has 0 saturated carbocycles. The molecule has 1 fully saturated rings. The van der Waals surface area contributed by atoms with E-state index < -0.39 is 18.2 Å². The number of benzene rings is 2. The summed E-state index contributed by atoms with van der Waals surface area (Å²) in [5.74, 6) is 0.293. The van der Waals surface area contributed by atoms with Crippen molar-refractivity contribution in [3.8, 4) is 0 Å². The number of hydrogen-bond acceptors (Lipinski definition) is 5. The summed E-state index contributed by atoms with van der Waals surface area (Å²) in [6, 6.07) is 16.9. The van der Waals surface area contributed by atoms with Crippen LogP contribution in [0.15, 0.2) is 70.3 Å². The summed E-state index contributed by atoms with van der Waals surface area (Å²) >= 11 is 3.47. The van der Waals surface area contributed by atoms with E-state index in [1.165, 1.54) is 4.90 Å². The van der Waals surface area contributed by atoms with Crippen molar-refractivity contribution < 1.29 is 9.59 Å². The summed E-state index contributed by atoms with van der Waals surface area (Å²) in [6.45, 7) is 0. The first-order chi connectivity index (χ1) is 13.5. The molecule has 2 atom stereocenters. The summed E-state index contributed by atoms with van der Waals surface area (Å²) in [4.78, 5) is 34.7. The maximum absolute atomic E-state index is 12.6. The molecule has 0 aromatic heterocycles. The van der Waals surface area contributed by atoms with Crippen LogP contribution in [0.5, 0.6) is 0 Å². The molecular formula is C20H16BrN5O2. The van der Waals surface area contributed by atoms with E-state index in [2.05, 4.69) is 21.2 Å². The molecular weight excluding hydrogens is 422 g/mol. The molecule has 3 amide bonds. The van der Waals surface area contributed by atoms with E-state index in [9.17, 15) is 9.59 Å². The van der Waals surface area contributed by atoms with Crippen LogP contribution in [-0.2, 0) is 4.79 Å². The Morgan fingerprint density at radius 1 is 1.04 bits per heavy atom. The fourth-order valence-corrected chi connectivity index (χ4v) is 4.00. The number of carbonyl (C=O) groups is 2. The molecule has 2 unspecified atom stereocenters. The van der Waals surface area contributed by atoms with Crippen LogP contribution in [0.3, 0.4) is 0 Å². The van der Waals surface area contributed by atoms with Gasteiger partial charge in [-0.1, -0.05) is 46.3 Å². The molecule has 5 rings (SSSR count). The van der Waals surface area contributed by atoms with Crippen molar-refractivity contribution in [3.63, 3.8) is 0 Å². The Morgan fingerprint density at radius 2 is 1.75 bits per heavy atom. The highest BCUT2D eigenvalue weighted by Gasteiger charge is 2.52. The molecule has 1 saturated heterocycles. The van der Waals surface area contributed by atoms with Gasteiger partial charge in [0.05, 0.1) is 5.70 Å². The molecule has 3 aliphatic heterocycles. The predicted octanol–water partition coefficient (Wildman–Crippen LogP) is 2.82. The summed E-state index contributed by atoms with van der Waals surface area (Å²) in [6.07, 6.45) is 1.38. The van der Waals surface area contributed by atoms with E-state index >= 15 is 0 Å². The van der Waals surface area contributed by atoms with Crippen LogP contribution in [0.4, 0.5) is 10.5 Å². The quantitative estimate of drug-likeness (QED) is 0.783. The minimum Gasteiger partial charge on any atom is -0.303 e. The second-order valence-corrected chi connectivity index (χ2v) is 7.71. The van der Waals surface area contributed by atoms with Crippen molar-refractivity contribution in [2.45, 2.75) is 12.2 Å². The minimum absolute atomic E-state index is 0.340. The zero-order chi connectivity index (χ0) is 19.4. The van der Waals surface area contributed by atoms with Gasteiger partial charge in [-0.25, -0.2) is 9.79 Å². The number of rotatable bonds is 2. The van der Waals surface area contributed by atoms with Crippen molar-refractivity contribution in [1.29, 1.82) is 0 Å². The van der Waals surface area contributed by atoms with Crippen LogP contribution >= 0.6 is 15.9 Å². The highest BCUT2D eigenvalue weighted by atomic mass is 79.9. The van der Waals surface area contributed by atoms with Gasteiger partial charge < -0.3 is 4.90 Å². The maximum atomic E-state index is 12.6. The maximum Gasteiger partial charge on any atom is 0.325 e. The monoisotopic (exact) mass is 437 g/mol. The van der Waals surface area contributed by atoms with E-state index in [4.69, 9.17) is 4.99 Å². The third-order valence-corrected chi connectivity index (χ3v) is 5.66. The SMILES string of the molecule is CN1C(=O)NC(=O)C2C1N=C1N(c3ccc(Br)cc3)C(c3ccccc3)=CN12. The molecule has 0 bridgehead atoms. The third kappa shape index (κ3) is 2.45.